The van der Waals surface area contributed by atoms with E-state index in [1.807, 2.05) is 0 Å². The van der Waals surface area contributed by atoms with Gasteiger partial charge in [-0.15, -0.1) is 0 Å². The van der Waals surface area contributed by atoms with E-state index in [4.69, 9.17) is 5.73 Å². The lowest BCUT2D eigenvalue weighted by Crippen LogP contribution is -2.07. The lowest BCUT2D eigenvalue weighted by atomic mass is 10.1. The van der Waals surface area contributed by atoms with Gasteiger partial charge in [-0.3, -0.25) is 0 Å². The number of phenolic OH excluding ortho intramolecular Hbond substituents is 1. The van der Waals surface area contributed by atoms with Gasteiger partial charge < -0.3 is 15.9 Å². The van der Waals surface area contributed by atoms with E-state index >= 15 is 0 Å². The number of benzene rings is 1. The summed E-state index contributed by atoms with van der Waals surface area (Å²) >= 11 is 2.98. The number of aliphatic hydroxyl groups is 1. The molecule has 4 N–H and O–H groups in total. The van der Waals surface area contributed by atoms with E-state index in [2.05, 4.69) is 15.9 Å². The van der Waals surface area contributed by atoms with Crippen molar-refractivity contribution in [2.75, 3.05) is 6.54 Å². The molecule has 0 saturated carbocycles. The molecule has 0 saturated heterocycles. The molecule has 78 valence electrons. The maximum atomic E-state index is 12.9. The van der Waals surface area contributed by atoms with Crippen molar-refractivity contribution in [3.05, 3.63) is 28.0 Å². The molecular formula is C9H11BrFNO2. The molecule has 0 heterocycles. The maximum absolute atomic E-state index is 12.9. The van der Waals surface area contributed by atoms with E-state index in [1.54, 1.807) is 0 Å². The van der Waals surface area contributed by atoms with Gasteiger partial charge in [0.1, 0.15) is 11.6 Å². The monoisotopic (exact) mass is 263 g/mol. The van der Waals surface area contributed by atoms with Gasteiger partial charge in [0, 0.05) is 5.56 Å². The summed E-state index contributed by atoms with van der Waals surface area (Å²) in [6.45, 7) is 0.273. The van der Waals surface area contributed by atoms with Crippen LogP contribution < -0.4 is 5.73 Å². The first kappa shape index (κ1) is 11.4. The molecule has 1 aromatic carbocycles. The summed E-state index contributed by atoms with van der Waals surface area (Å²) in [5.41, 5.74) is 5.40. The number of rotatable bonds is 3. The second kappa shape index (κ2) is 4.72. The Hall–Kier alpha value is -0.650. The van der Waals surface area contributed by atoms with Gasteiger partial charge in [-0.25, -0.2) is 4.39 Å². The van der Waals surface area contributed by atoms with Crippen LogP contribution in [0.4, 0.5) is 4.39 Å². The first-order valence-corrected chi connectivity index (χ1v) is 4.91. The van der Waals surface area contributed by atoms with Gasteiger partial charge in [0.2, 0.25) is 0 Å². The summed E-state index contributed by atoms with van der Waals surface area (Å²) in [5.74, 6) is -0.659. The van der Waals surface area contributed by atoms with E-state index in [-0.39, 0.29) is 28.8 Å². The minimum absolute atomic E-state index is 0.146. The first-order chi connectivity index (χ1) is 6.56. The van der Waals surface area contributed by atoms with Gasteiger partial charge >= 0.3 is 0 Å². The van der Waals surface area contributed by atoms with E-state index in [1.165, 1.54) is 0 Å². The van der Waals surface area contributed by atoms with Crippen molar-refractivity contribution in [3.63, 3.8) is 0 Å². The van der Waals surface area contributed by atoms with E-state index in [9.17, 15) is 14.6 Å². The summed E-state index contributed by atoms with van der Waals surface area (Å²) in [7, 11) is 0. The Morgan fingerprint density at radius 2 is 2.14 bits per heavy atom. The SMILES string of the molecule is NCCC(O)c1cc(F)cc(Br)c1O. The summed E-state index contributed by atoms with van der Waals surface area (Å²) in [6.07, 6.45) is -0.657. The van der Waals surface area contributed by atoms with Crippen molar-refractivity contribution in [1.29, 1.82) is 0 Å². The normalized spacial score (nSPS) is 12.9. The zero-order valence-electron chi connectivity index (χ0n) is 7.37. The number of nitrogens with two attached hydrogens (primary N) is 1. The van der Waals surface area contributed by atoms with Crippen LogP contribution in [-0.2, 0) is 0 Å². The fraction of sp³-hybridized carbons (Fsp3) is 0.333. The van der Waals surface area contributed by atoms with Crippen LogP contribution in [-0.4, -0.2) is 16.8 Å². The highest BCUT2D eigenvalue weighted by atomic mass is 79.9. The van der Waals surface area contributed by atoms with Crippen molar-refractivity contribution in [2.45, 2.75) is 12.5 Å². The summed E-state index contributed by atoms with van der Waals surface area (Å²) in [5, 5.41) is 19.0. The average Bonchev–Trinajstić information content (AvgIpc) is 2.11. The maximum Gasteiger partial charge on any atom is 0.135 e. The van der Waals surface area contributed by atoms with Crippen LogP contribution in [0.2, 0.25) is 0 Å². The molecule has 0 fully saturated rings. The number of halogens is 2. The molecule has 0 aliphatic carbocycles. The van der Waals surface area contributed by atoms with Crippen LogP contribution >= 0.6 is 15.9 Å². The van der Waals surface area contributed by atoms with Gasteiger partial charge in [0.25, 0.3) is 0 Å². The highest BCUT2D eigenvalue weighted by Crippen LogP contribution is 2.33. The smallest absolute Gasteiger partial charge is 0.135 e. The second-order valence-electron chi connectivity index (χ2n) is 2.92. The average molecular weight is 264 g/mol. The number of aromatic hydroxyl groups is 1. The van der Waals surface area contributed by atoms with E-state index in [0.29, 0.717) is 0 Å². The third kappa shape index (κ3) is 2.43. The third-order valence-corrected chi connectivity index (χ3v) is 2.46. The van der Waals surface area contributed by atoms with Crippen molar-refractivity contribution in [3.8, 4) is 5.75 Å². The van der Waals surface area contributed by atoms with Crippen molar-refractivity contribution in [2.24, 2.45) is 5.73 Å². The Balaban J connectivity index is 3.07. The Kier molecular flexibility index (Phi) is 3.86. The van der Waals surface area contributed by atoms with Crippen LogP contribution in [0.15, 0.2) is 16.6 Å². The van der Waals surface area contributed by atoms with E-state index in [0.717, 1.165) is 12.1 Å². The third-order valence-electron chi connectivity index (χ3n) is 1.86. The van der Waals surface area contributed by atoms with Crippen LogP contribution in [0.5, 0.6) is 5.75 Å². The topological polar surface area (TPSA) is 66.5 Å². The minimum atomic E-state index is -0.938. The van der Waals surface area contributed by atoms with Crippen LogP contribution in [0.25, 0.3) is 0 Å². The summed E-state index contributed by atoms with van der Waals surface area (Å²) in [4.78, 5) is 0. The number of hydrogen-bond acceptors (Lipinski definition) is 3. The molecule has 0 amide bonds. The van der Waals surface area contributed by atoms with Gasteiger partial charge in [-0.2, -0.15) is 0 Å². The Bertz CT molecular complexity index is 333. The molecule has 0 aromatic heterocycles. The number of aliphatic hydroxyl groups excluding tert-OH is 1. The van der Waals surface area contributed by atoms with Gasteiger partial charge in [-0.1, -0.05) is 0 Å². The molecule has 0 radical (unpaired) electrons. The molecule has 1 aromatic rings. The van der Waals surface area contributed by atoms with Gasteiger partial charge in [0.15, 0.2) is 0 Å². The minimum Gasteiger partial charge on any atom is -0.506 e. The number of hydrogen-bond donors (Lipinski definition) is 3. The molecule has 0 bridgehead atoms. The molecule has 0 spiro atoms. The molecule has 5 heteroatoms. The molecule has 1 atom stereocenters. The zero-order chi connectivity index (χ0) is 10.7. The highest BCUT2D eigenvalue weighted by Gasteiger charge is 2.15. The Labute approximate surface area is 89.5 Å². The quantitative estimate of drug-likeness (QED) is 0.778. The van der Waals surface area contributed by atoms with Crippen molar-refractivity contribution in [1.82, 2.24) is 0 Å². The summed E-state index contributed by atoms with van der Waals surface area (Å²) in [6, 6.07) is 2.23. The zero-order valence-corrected chi connectivity index (χ0v) is 8.96. The second-order valence-corrected chi connectivity index (χ2v) is 3.77. The molecule has 14 heavy (non-hydrogen) atoms. The predicted molar refractivity (Wildman–Crippen MR) is 54.4 cm³/mol. The fourth-order valence-corrected chi connectivity index (χ4v) is 1.60. The highest BCUT2D eigenvalue weighted by molar-refractivity contribution is 9.10. The lowest BCUT2D eigenvalue weighted by molar-refractivity contribution is 0.166. The standard InChI is InChI=1S/C9H11BrFNO2/c10-7-4-5(11)3-6(9(7)14)8(13)1-2-12/h3-4,8,13-14H,1-2,12H2. The molecule has 1 rings (SSSR count). The summed E-state index contributed by atoms with van der Waals surface area (Å²) < 4.78 is 13.2. The molecule has 0 aliphatic heterocycles. The molecule has 1 unspecified atom stereocenters. The molecule has 3 nitrogen and oxygen atoms in total. The predicted octanol–water partition coefficient (Wildman–Crippen LogP) is 1.68. The Morgan fingerprint density at radius 3 is 2.71 bits per heavy atom. The van der Waals surface area contributed by atoms with Crippen LogP contribution in [0.1, 0.15) is 18.1 Å². The molecular weight excluding hydrogens is 253 g/mol. The fourth-order valence-electron chi connectivity index (χ4n) is 1.15. The lowest BCUT2D eigenvalue weighted by Gasteiger charge is -2.12. The van der Waals surface area contributed by atoms with Crippen molar-refractivity contribution >= 4 is 15.9 Å². The Morgan fingerprint density at radius 1 is 1.50 bits per heavy atom. The van der Waals surface area contributed by atoms with Crippen LogP contribution in [0.3, 0.4) is 0 Å². The van der Waals surface area contributed by atoms with E-state index < -0.39 is 11.9 Å². The van der Waals surface area contributed by atoms with Gasteiger partial charge in [0.05, 0.1) is 10.6 Å². The van der Waals surface area contributed by atoms with Crippen molar-refractivity contribution < 1.29 is 14.6 Å². The van der Waals surface area contributed by atoms with Gasteiger partial charge in [-0.05, 0) is 41.0 Å². The van der Waals surface area contributed by atoms with Crippen LogP contribution in [0, 0.1) is 5.82 Å². The molecule has 0 aliphatic rings. The number of phenols is 1. The largest absolute Gasteiger partial charge is 0.506 e. The first-order valence-electron chi connectivity index (χ1n) is 4.12.